The molecule has 0 aromatic rings. The molecule has 1 aliphatic rings. The van der Waals surface area contributed by atoms with Crippen LogP contribution in [0.15, 0.2) is 22.3 Å². The molecule has 1 heterocycles. The number of aliphatic imine (C=N–C) groups is 2. The molecule has 0 bridgehead atoms. The summed E-state index contributed by atoms with van der Waals surface area (Å²) >= 11 is 0. The van der Waals surface area contributed by atoms with Crippen LogP contribution in [-0.2, 0) is 0 Å². The molecule has 0 N–H and O–H groups in total. The normalized spacial score (nSPS) is 23.9. The maximum atomic E-state index is 4.32. The van der Waals surface area contributed by atoms with Crippen LogP contribution in [0, 0.1) is 5.92 Å². The van der Waals surface area contributed by atoms with Gasteiger partial charge < -0.3 is 4.90 Å². The second-order valence-corrected chi connectivity index (χ2v) is 4.31. The van der Waals surface area contributed by atoms with Gasteiger partial charge in [-0.15, -0.1) is 0 Å². The van der Waals surface area contributed by atoms with E-state index < -0.39 is 0 Å². The second-order valence-electron chi connectivity index (χ2n) is 4.31. The van der Waals surface area contributed by atoms with Crippen LogP contribution in [0.1, 0.15) is 26.7 Å². The minimum Gasteiger partial charge on any atom is -0.369 e. The minimum atomic E-state index is 0.554. The standard InChI is InChI=1S/C13H23N3/c1-6-10(2)11(3)16-8-7-12(14-4)13(9-16)15-5/h10H,3,6-9H2,1-2,4-5H3. The summed E-state index contributed by atoms with van der Waals surface area (Å²) in [5.74, 6) is 0.554. The Morgan fingerprint density at radius 1 is 1.38 bits per heavy atom. The van der Waals surface area contributed by atoms with Crippen LogP contribution in [0.4, 0.5) is 0 Å². The van der Waals surface area contributed by atoms with Crippen molar-refractivity contribution in [3.05, 3.63) is 12.3 Å². The van der Waals surface area contributed by atoms with Gasteiger partial charge in [-0.2, -0.15) is 0 Å². The molecule has 0 aromatic heterocycles. The quantitative estimate of drug-likeness (QED) is 0.719. The molecular weight excluding hydrogens is 198 g/mol. The predicted octanol–water partition coefficient (Wildman–Crippen LogP) is 2.39. The number of piperidine rings is 1. The van der Waals surface area contributed by atoms with Crippen LogP contribution in [-0.4, -0.2) is 43.5 Å². The fraction of sp³-hybridized carbons (Fsp3) is 0.692. The zero-order valence-electron chi connectivity index (χ0n) is 11.0. The summed E-state index contributed by atoms with van der Waals surface area (Å²) in [5, 5.41) is 0. The summed E-state index contributed by atoms with van der Waals surface area (Å²) in [6.45, 7) is 10.5. The molecule has 3 heteroatoms. The molecular formula is C13H23N3. The van der Waals surface area contributed by atoms with Crippen molar-refractivity contribution in [2.24, 2.45) is 15.9 Å². The highest BCUT2D eigenvalue weighted by molar-refractivity contribution is 6.43. The maximum absolute atomic E-state index is 4.32. The van der Waals surface area contributed by atoms with Crippen molar-refractivity contribution in [3.63, 3.8) is 0 Å². The first-order valence-corrected chi connectivity index (χ1v) is 5.99. The molecule has 3 nitrogen and oxygen atoms in total. The lowest BCUT2D eigenvalue weighted by atomic mass is 10.0. The molecule has 0 saturated carbocycles. The lowest BCUT2D eigenvalue weighted by Gasteiger charge is -2.34. The molecule has 1 atom stereocenters. The molecule has 1 aliphatic heterocycles. The lowest BCUT2D eigenvalue weighted by molar-refractivity contribution is 0.345. The molecule has 1 rings (SSSR count). The molecule has 16 heavy (non-hydrogen) atoms. The molecule has 0 aliphatic carbocycles. The van der Waals surface area contributed by atoms with Gasteiger partial charge in [-0.05, 0) is 12.3 Å². The van der Waals surface area contributed by atoms with Gasteiger partial charge in [0.05, 0.1) is 18.0 Å². The van der Waals surface area contributed by atoms with Crippen molar-refractivity contribution in [3.8, 4) is 0 Å². The van der Waals surface area contributed by atoms with E-state index in [1.807, 2.05) is 14.1 Å². The zero-order chi connectivity index (χ0) is 12.1. The van der Waals surface area contributed by atoms with Crippen LogP contribution in [0.25, 0.3) is 0 Å². The van der Waals surface area contributed by atoms with E-state index in [0.717, 1.165) is 37.4 Å². The number of nitrogens with zero attached hydrogens (tertiary/aromatic N) is 3. The molecule has 1 fully saturated rings. The summed E-state index contributed by atoms with van der Waals surface area (Å²) in [4.78, 5) is 10.9. The van der Waals surface area contributed by atoms with E-state index in [1.165, 1.54) is 5.70 Å². The molecule has 1 unspecified atom stereocenters. The second kappa shape index (κ2) is 5.83. The van der Waals surface area contributed by atoms with Crippen molar-refractivity contribution >= 4 is 11.4 Å². The Hall–Kier alpha value is -1.12. The highest BCUT2D eigenvalue weighted by Crippen LogP contribution is 2.20. The van der Waals surface area contributed by atoms with E-state index in [9.17, 15) is 0 Å². The van der Waals surface area contributed by atoms with Gasteiger partial charge in [0, 0.05) is 32.8 Å². The van der Waals surface area contributed by atoms with Crippen LogP contribution >= 0.6 is 0 Å². The first-order valence-electron chi connectivity index (χ1n) is 5.99. The van der Waals surface area contributed by atoms with Gasteiger partial charge in [-0.3, -0.25) is 9.98 Å². The lowest BCUT2D eigenvalue weighted by Crippen LogP contribution is -2.41. The van der Waals surface area contributed by atoms with Gasteiger partial charge in [-0.25, -0.2) is 0 Å². The summed E-state index contributed by atoms with van der Waals surface area (Å²) in [7, 11) is 3.69. The van der Waals surface area contributed by atoms with Crippen molar-refractivity contribution in [1.29, 1.82) is 0 Å². The molecule has 0 radical (unpaired) electrons. The predicted molar refractivity (Wildman–Crippen MR) is 71.5 cm³/mol. The van der Waals surface area contributed by atoms with E-state index in [-0.39, 0.29) is 0 Å². The van der Waals surface area contributed by atoms with Gasteiger partial charge in [0.15, 0.2) is 0 Å². The minimum absolute atomic E-state index is 0.554. The fourth-order valence-electron chi connectivity index (χ4n) is 1.97. The highest BCUT2D eigenvalue weighted by atomic mass is 15.2. The van der Waals surface area contributed by atoms with Crippen molar-refractivity contribution in [2.45, 2.75) is 26.7 Å². The highest BCUT2D eigenvalue weighted by Gasteiger charge is 2.22. The molecule has 0 spiro atoms. The van der Waals surface area contributed by atoms with Gasteiger partial charge in [0.1, 0.15) is 0 Å². The number of hydrogen-bond donors (Lipinski definition) is 0. The zero-order valence-corrected chi connectivity index (χ0v) is 11.0. The van der Waals surface area contributed by atoms with E-state index in [1.54, 1.807) is 0 Å². The summed E-state index contributed by atoms with van der Waals surface area (Å²) in [6.07, 6.45) is 2.13. The Morgan fingerprint density at radius 2 is 2.00 bits per heavy atom. The first-order chi connectivity index (χ1) is 7.63. The summed E-state index contributed by atoms with van der Waals surface area (Å²) in [6, 6.07) is 0. The summed E-state index contributed by atoms with van der Waals surface area (Å²) < 4.78 is 0. The van der Waals surface area contributed by atoms with Gasteiger partial charge in [-0.1, -0.05) is 20.4 Å². The third-order valence-corrected chi connectivity index (χ3v) is 3.42. The number of likely N-dealkylation sites (tertiary alicyclic amines) is 1. The monoisotopic (exact) mass is 221 g/mol. The van der Waals surface area contributed by atoms with Gasteiger partial charge >= 0.3 is 0 Å². The van der Waals surface area contributed by atoms with E-state index in [0.29, 0.717) is 5.92 Å². The Balaban J connectivity index is 2.72. The van der Waals surface area contributed by atoms with Gasteiger partial charge in [0.25, 0.3) is 0 Å². The third-order valence-electron chi connectivity index (χ3n) is 3.42. The summed E-state index contributed by atoms with van der Waals surface area (Å²) in [5.41, 5.74) is 3.49. The van der Waals surface area contributed by atoms with Crippen molar-refractivity contribution < 1.29 is 0 Å². The van der Waals surface area contributed by atoms with Crippen LogP contribution in [0.3, 0.4) is 0 Å². The average molecular weight is 221 g/mol. The van der Waals surface area contributed by atoms with Crippen molar-refractivity contribution in [1.82, 2.24) is 4.90 Å². The number of rotatable bonds is 3. The van der Waals surface area contributed by atoms with E-state index in [2.05, 4.69) is 35.3 Å². The van der Waals surface area contributed by atoms with Crippen LogP contribution < -0.4 is 0 Å². The Bertz CT molecular complexity index is 315. The van der Waals surface area contributed by atoms with Crippen LogP contribution in [0.5, 0.6) is 0 Å². The smallest absolute Gasteiger partial charge is 0.0748 e. The van der Waals surface area contributed by atoms with E-state index in [4.69, 9.17) is 0 Å². The Labute approximate surface area is 99.0 Å². The van der Waals surface area contributed by atoms with E-state index >= 15 is 0 Å². The SMILES string of the molecule is C=C(C(C)CC)N1CCC(=NC)C(=NC)C1. The van der Waals surface area contributed by atoms with Crippen LogP contribution in [0.2, 0.25) is 0 Å². The number of allylic oxidation sites excluding steroid dienone is 1. The topological polar surface area (TPSA) is 28.0 Å². The van der Waals surface area contributed by atoms with Gasteiger partial charge in [0.2, 0.25) is 0 Å². The fourth-order valence-corrected chi connectivity index (χ4v) is 1.97. The molecule has 0 amide bonds. The first kappa shape index (κ1) is 12.9. The van der Waals surface area contributed by atoms with Crippen molar-refractivity contribution in [2.75, 3.05) is 27.2 Å². The molecule has 90 valence electrons. The number of hydrogen-bond acceptors (Lipinski definition) is 3. The maximum Gasteiger partial charge on any atom is 0.0748 e. The Kier molecular flexibility index (Phi) is 4.71. The molecule has 0 aromatic carbocycles. The molecule has 1 saturated heterocycles. The third kappa shape index (κ3) is 2.71. The largest absolute Gasteiger partial charge is 0.369 e. The average Bonchev–Trinajstić information content (AvgIpc) is 2.35. The Morgan fingerprint density at radius 3 is 2.50 bits per heavy atom.